The zero-order valence-corrected chi connectivity index (χ0v) is 12.8. The SMILES string of the molecule is CCS(=O)(=O)c1ccccc1NC(C)c1ccccc1F. The summed E-state index contributed by atoms with van der Waals surface area (Å²) in [6.45, 7) is 3.40. The molecule has 2 rings (SSSR count). The van der Waals surface area contributed by atoms with Gasteiger partial charge in [-0.2, -0.15) is 0 Å². The molecule has 1 atom stereocenters. The second-order valence-electron chi connectivity index (χ2n) is 4.79. The fraction of sp³-hybridized carbons (Fsp3) is 0.250. The first kappa shape index (κ1) is 15.5. The molecular formula is C16H18FNO2S. The lowest BCUT2D eigenvalue weighted by atomic mass is 10.1. The smallest absolute Gasteiger partial charge is 0.180 e. The Morgan fingerprint density at radius 1 is 1.10 bits per heavy atom. The number of anilines is 1. The van der Waals surface area contributed by atoms with Gasteiger partial charge in [0, 0.05) is 5.56 Å². The van der Waals surface area contributed by atoms with Gasteiger partial charge >= 0.3 is 0 Å². The van der Waals surface area contributed by atoms with E-state index in [1.165, 1.54) is 6.07 Å². The molecule has 0 radical (unpaired) electrons. The highest BCUT2D eigenvalue weighted by Gasteiger charge is 2.18. The Morgan fingerprint density at radius 3 is 2.38 bits per heavy atom. The number of hydrogen-bond acceptors (Lipinski definition) is 3. The van der Waals surface area contributed by atoms with Crippen molar-refractivity contribution in [3.05, 3.63) is 59.9 Å². The van der Waals surface area contributed by atoms with Crippen LogP contribution in [0.15, 0.2) is 53.4 Å². The van der Waals surface area contributed by atoms with E-state index in [0.29, 0.717) is 11.3 Å². The predicted octanol–water partition coefficient (Wildman–Crippen LogP) is 3.79. The number of benzene rings is 2. The van der Waals surface area contributed by atoms with E-state index in [1.54, 1.807) is 56.3 Å². The Balaban J connectivity index is 2.35. The zero-order chi connectivity index (χ0) is 15.5. The van der Waals surface area contributed by atoms with Gasteiger partial charge in [-0.1, -0.05) is 37.3 Å². The van der Waals surface area contributed by atoms with Gasteiger partial charge in [0.25, 0.3) is 0 Å². The van der Waals surface area contributed by atoms with E-state index in [9.17, 15) is 12.8 Å². The van der Waals surface area contributed by atoms with Crippen molar-refractivity contribution in [2.24, 2.45) is 0 Å². The monoisotopic (exact) mass is 307 g/mol. The normalized spacial score (nSPS) is 12.9. The van der Waals surface area contributed by atoms with E-state index in [4.69, 9.17) is 0 Å². The summed E-state index contributed by atoms with van der Waals surface area (Å²) < 4.78 is 38.0. The minimum absolute atomic E-state index is 0.0276. The first-order valence-corrected chi connectivity index (χ1v) is 8.43. The van der Waals surface area contributed by atoms with Crippen LogP contribution in [0.4, 0.5) is 10.1 Å². The summed E-state index contributed by atoms with van der Waals surface area (Å²) in [5.41, 5.74) is 0.997. The lowest BCUT2D eigenvalue weighted by Crippen LogP contribution is -2.13. The lowest BCUT2D eigenvalue weighted by Gasteiger charge is -2.18. The third kappa shape index (κ3) is 3.42. The molecule has 0 aromatic heterocycles. The van der Waals surface area contributed by atoms with E-state index in [1.807, 2.05) is 0 Å². The molecule has 3 nitrogen and oxygen atoms in total. The van der Waals surface area contributed by atoms with Crippen LogP contribution < -0.4 is 5.32 Å². The molecule has 112 valence electrons. The maximum atomic E-state index is 13.8. The molecule has 1 N–H and O–H groups in total. The minimum Gasteiger partial charge on any atom is -0.377 e. The molecule has 0 aliphatic carbocycles. The lowest BCUT2D eigenvalue weighted by molar-refractivity contribution is 0.596. The topological polar surface area (TPSA) is 46.2 Å². The number of para-hydroxylation sites is 1. The van der Waals surface area contributed by atoms with Gasteiger partial charge in [0.1, 0.15) is 5.82 Å². The molecule has 0 aliphatic rings. The highest BCUT2D eigenvalue weighted by molar-refractivity contribution is 7.91. The summed E-state index contributed by atoms with van der Waals surface area (Å²) in [5, 5.41) is 3.09. The number of nitrogens with one attached hydrogen (secondary N) is 1. The third-order valence-electron chi connectivity index (χ3n) is 3.35. The summed E-state index contributed by atoms with van der Waals surface area (Å²) in [6, 6.07) is 12.8. The number of sulfone groups is 1. The van der Waals surface area contributed by atoms with E-state index >= 15 is 0 Å². The molecule has 0 fully saturated rings. The van der Waals surface area contributed by atoms with Gasteiger partial charge < -0.3 is 5.32 Å². The van der Waals surface area contributed by atoms with Crippen LogP contribution in [0.2, 0.25) is 0 Å². The molecule has 5 heteroatoms. The Kier molecular flexibility index (Phi) is 4.63. The van der Waals surface area contributed by atoms with Crippen LogP contribution in [0.5, 0.6) is 0 Å². The third-order valence-corrected chi connectivity index (χ3v) is 5.13. The molecule has 21 heavy (non-hydrogen) atoms. The second kappa shape index (κ2) is 6.26. The Bertz CT molecular complexity index is 729. The molecule has 0 saturated carbocycles. The second-order valence-corrected chi connectivity index (χ2v) is 7.03. The van der Waals surface area contributed by atoms with Crippen molar-refractivity contribution >= 4 is 15.5 Å². The quantitative estimate of drug-likeness (QED) is 0.914. The van der Waals surface area contributed by atoms with E-state index in [2.05, 4.69) is 5.32 Å². The van der Waals surface area contributed by atoms with Crippen LogP contribution in [-0.4, -0.2) is 14.2 Å². The minimum atomic E-state index is -3.32. The first-order chi connectivity index (χ1) is 9.95. The average Bonchev–Trinajstić information content (AvgIpc) is 2.48. The standard InChI is InChI=1S/C16H18FNO2S/c1-3-21(19,20)16-11-7-6-10-15(16)18-12(2)13-8-4-5-9-14(13)17/h4-12,18H,3H2,1-2H3. The molecule has 0 bridgehead atoms. The Labute approximate surface area is 124 Å². The van der Waals surface area contributed by atoms with Gasteiger partial charge in [0.2, 0.25) is 0 Å². The van der Waals surface area contributed by atoms with E-state index in [0.717, 1.165) is 0 Å². The fourth-order valence-electron chi connectivity index (χ4n) is 2.15. The zero-order valence-electron chi connectivity index (χ0n) is 12.0. The molecule has 0 heterocycles. The summed E-state index contributed by atoms with van der Waals surface area (Å²) in [5.74, 6) is -0.284. The van der Waals surface area contributed by atoms with Crippen LogP contribution >= 0.6 is 0 Å². The van der Waals surface area contributed by atoms with Gasteiger partial charge in [-0.05, 0) is 25.1 Å². The highest BCUT2D eigenvalue weighted by atomic mass is 32.2. The molecule has 0 aliphatic heterocycles. The fourth-order valence-corrected chi connectivity index (χ4v) is 3.21. The van der Waals surface area contributed by atoms with E-state index < -0.39 is 9.84 Å². The number of hydrogen-bond donors (Lipinski definition) is 1. The van der Waals surface area contributed by atoms with Crippen molar-refractivity contribution in [2.45, 2.75) is 24.8 Å². The largest absolute Gasteiger partial charge is 0.377 e. The van der Waals surface area contributed by atoms with Crippen molar-refractivity contribution in [2.75, 3.05) is 11.1 Å². The maximum Gasteiger partial charge on any atom is 0.180 e. The van der Waals surface area contributed by atoms with Crippen LogP contribution in [0.1, 0.15) is 25.5 Å². The molecule has 0 saturated heterocycles. The summed E-state index contributed by atoms with van der Waals surface area (Å²) in [6.07, 6.45) is 0. The van der Waals surface area contributed by atoms with Crippen LogP contribution in [0, 0.1) is 5.82 Å². The number of halogens is 1. The molecule has 2 aromatic carbocycles. The van der Waals surface area contributed by atoms with Gasteiger partial charge in [0.05, 0.1) is 22.4 Å². The Morgan fingerprint density at radius 2 is 1.71 bits per heavy atom. The maximum absolute atomic E-state index is 13.8. The first-order valence-electron chi connectivity index (χ1n) is 6.78. The van der Waals surface area contributed by atoms with Gasteiger partial charge in [-0.3, -0.25) is 0 Å². The van der Waals surface area contributed by atoms with Crippen molar-refractivity contribution in [3.63, 3.8) is 0 Å². The van der Waals surface area contributed by atoms with Crippen LogP contribution in [0.25, 0.3) is 0 Å². The molecule has 2 aromatic rings. The Hall–Kier alpha value is -1.88. The summed E-state index contributed by atoms with van der Waals surface area (Å²) in [4.78, 5) is 0.246. The van der Waals surface area contributed by atoms with E-state index in [-0.39, 0.29) is 22.5 Å². The molecular weight excluding hydrogens is 289 g/mol. The molecule has 0 spiro atoms. The van der Waals surface area contributed by atoms with Gasteiger partial charge in [-0.15, -0.1) is 0 Å². The summed E-state index contributed by atoms with van der Waals surface area (Å²) in [7, 11) is -3.32. The van der Waals surface area contributed by atoms with Crippen molar-refractivity contribution < 1.29 is 12.8 Å². The average molecular weight is 307 g/mol. The van der Waals surface area contributed by atoms with Crippen molar-refractivity contribution in [3.8, 4) is 0 Å². The highest BCUT2D eigenvalue weighted by Crippen LogP contribution is 2.27. The van der Waals surface area contributed by atoms with Gasteiger partial charge in [0.15, 0.2) is 9.84 Å². The number of rotatable bonds is 5. The van der Waals surface area contributed by atoms with Crippen LogP contribution in [-0.2, 0) is 9.84 Å². The van der Waals surface area contributed by atoms with Gasteiger partial charge in [-0.25, -0.2) is 12.8 Å². The van der Waals surface area contributed by atoms with Crippen LogP contribution in [0.3, 0.4) is 0 Å². The summed E-state index contributed by atoms with van der Waals surface area (Å²) >= 11 is 0. The predicted molar refractivity (Wildman–Crippen MR) is 82.6 cm³/mol. The van der Waals surface area contributed by atoms with Crippen molar-refractivity contribution in [1.82, 2.24) is 0 Å². The molecule has 0 amide bonds. The van der Waals surface area contributed by atoms with Crippen molar-refractivity contribution in [1.29, 1.82) is 0 Å². The molecule has 1 unspecified atom stereocenters.